The molecule has 160 valence electrons. The number of rotatable bonds is 5. The summed E-state index contributed by atoms with van der Waals surface area (Å²) in [6.45, 7) is 0.519. The van der Waals surface area contributed by atoms with Gasteiger partial charge in [0, 0.05) is 22.3 Å². The van der Waals surface area contributed by atoms with Crippen LogP contribution in [0, 0.1) is 0 Å². The van der Waals surface area contributed by atoms with E-state index in [0.717, 1.165) is 22.2 Å². The number of nitrogens with zero attached hydrogens (tertiary/aromatic N) is 3. The first-order valence-electron chi connectivity index (χ1n) is 9.65. The molecule has 0 saturated carbocycles. The van der Waals surface area contributed by atoms with Crippen LogP contribution >= 0.6 is 27.3 Å². The zero-order valence-corrected chi connectivity index (χ0v) is 19.1. The number of ether oxygens (including phenoxy) is 1. The maximum atomic E-state index is 12.8. The summed E-state index contributed by atoms with van der Waals surface area (Å²) in [5, 5.41) is 15.0. The second kappa shape index (κ2) is 9.44. The second-order valence-electron chi connectivity index (χ2n) is 6.92. The molecule has 10 heteroatoms. The molecule has 0 aliphatic carbocycles. The fraction of sp³-hybridized carbons (Fsp3) is 0.238. The molecule has 8 nitrogen and oxygen atoms in total. The van der Waals surface area contributed by atoms with Crippen LogP contribution < -0.4 is 15.4 Å². The molecule has 0 bridgehead atoms. The number of carbonyl (C=O) groups excluding carboxylic acids is 2. The van der Waals surface area contributed by atoms with Gasteiger partial charge >= 0.3 is 6.03 Å². The average Bonchev–Trinajstić information content (AvgIpc) is 3.44. The largest absolute Gasteiger partial charge is 0.497 e. The highest BCUT2D eigenvalue weighted by atomic mass is 79.9. The third-order valence-corrected chi connectivity index (χ3v) is 6.27. The molecular weight excluding hydrogens is 482 g/mol. The maximum absolute atomic E-state index is 12.8. The van der Waals surface area contributed by atoms with Gasteiger partial charge in [-0.15, -0.1) is 10.2 Å². The van der Waals surface area contributed by atoms with Crippen molar-refractivity contribution in [2.24, 2.45) is 0 Å². The van der Waals surface area contributed by atoms with Gasteiger partial charge in [0.05, 0.1) is 7.11 Å². The Balaban J connectivity index is 1.40. The minimum Gasteiger partial charge on any atom is -0.497 e. The molecule has 2 N–H and O–H groups in total. The van der Waals surface area contributed by atoms with Gasteiger partial charge in [0.15, 0.2) is 0 Å². The van der Waals surface area contributed by atoms with Gasteiger partial charge in [0.1, 0.15) is 16.8 Å². The number of urea groups is 1. The molecule has 3 amide bonds. The van der Waals surface area contributed by atoms with Crippen molar-refractivity contribution >= 4 is 50.0 Å². The molecule has 4 rings (SSSR count). The molecule has 1 unspecified atom stereocenters. The monoisotopic (exact) mass is 501 g/mol. The van der Waals surface area contributed by atoms with Crippen molar-refractivity contribution in [2.45, 2.75) is 18.9 Å². The van der Waals surface area contributed by atoms with Gasteiger partial charge in [-0.25, -0.2) is 4.79 Å². The molecule has 31 heavy (non-hydrogen) atoms. The normalized spacial score (nSPS) is 15.5. The number of methoxy groups -OCH3 is 1. The van der Waals surface area contributed by atoms with Crippen molar-refractivity contribution in [1.29, 1.82) is 0 Å². The molecule has 3 aromatic rings. The molecule has 0 spiro atoms. The SMILES string of the molecule is COc1ccc(-c2nnc(NC(=O)C3CCCN3C(=O)Nc3cccc(Br)c3)s2)cc1. The summed E-state index contributed by atoms with van der Waals surface area (Å²) in [5.74, 6) is 0.489. The van der Waals surface area contributed by atoms with E-state index in [-0.39, 0.29) is 11.9 Å². The Morgan fingerprint density at radius 1 is 1.16 bits per heavy atom. The maximum Gasteiger partial charge on any atom is 0.322 e. The number of carbonyl (C=O) groups is 2. The highest BCUT2D eigenvalue weighted by Crippen LogP contribution is 2.29. The highest BCUT2D eigenvalue weighted by Gasteiger charge is 2.34. The zero-order chi connectivity index (χ0) is 21.8. The van der Waals surface area contributed by atoms with Crippen LogP contribution in [0.15, 0.2) is 53.0 Å². The van der Waals surface area contributed by atoms with E-state index in [0.29, 0.717) is 28.8 Å². The van der Waals surface area contributed by atoms with Crippen LogP contribution in [-0.4, -0.2) is 46.7 Å². The Hall–Kier alpha value is -2.98. The first kappa shape index (κ1) is 21.3. The zero-order valence-electron chi connectivity index (χ0n) is 16.7. The van der Waals surface area contributed by atoms with Crippen LogP contribution in [-0.2, 0) is 4.79 Å². The standard InChI is InChI=1S/C21H20BrN5O3S/c1-30-16-9-7-13(8-10-16)19-25-26-20(31-19)24-18(28)17-6-3-11-27(17)21(29)23-15-5-2-4-14(22)12-15/h2,4-5,7-10,12,17H,3,6,11H2,1H3,(H,23,29)(H,24,26,28). The lowest BCUT2D eigenvalue weighted by atomic mass is 10.2. The highest BCUT2D eigenvalue weighted by molar-refractivity contribution is 9.10. The Morgan fingerprint density at radius 2 is 1.97 bits per heavy atom. The Bertz CT molecular complexity index is 1090. The summed E-state index contributed by atoms with van der Waals surface area (Å²) in [4.78, 5) is 27.1. The molecule has 0 radical (unpaired) electrons. The third kappa shape index (κ3) is 5.02. The van der Waals surface area contributed by atoms with Crippen molar-refractivity contribution in [3.05, 3.63) is 53.0 Å². The topological polar surface area (TPSA) is 96.5 Å². The van der Waals surface area contributed by atoms with E-state index in [9.17, 15) is 9.59 Å². The van der Waals surface area contributed by atoms with Crippen LogP contribution in [0.1, 0.15) is 12.8 Å². The predicted octanol–water partition coefficient (Wildman–Crippen LogP) is 4.61. The van der Waals surface area contributed by atoms with Crippen molar-refractivity contribution in [3.63, 3.8) is 0 Å². The van der Waals surface area contributed by atoms with Crippen LogP contribution in [0.2, 0.25) is 0 Å². The summed E-state index contributed by atoms with van der Waals surface area (Å²) in [6, 6.07) is 13.9. The van der Waals surface area contributed by atoms with Crippen molar-refractivity contribution in [3.8, 4) is 16.3 Å². The predicted molar refractivity (Wildman–Crippen MR) is 123 cm³/mol. The number of anilines is 2. The van der Waals surface area contributed by atoms with Crippen LogP contribution in [0.5, 0.6) is 5.75 Å². The van der Waals surface area contributed by atoms with Gasteiger partial charge in [-0.1, -0.05) is 33.3 Å². The minimum absolute atomic E-state index is 0.265. The first-order chi connectivity index (χ1) is 15.0. The minimum atomic E-state index is -0.555. The second-order valence-corrected chi connectivity index (χ2v) is 8.82. The Labute approximate surface area is 191 Å². The van der Waals surface area contributed by atoms with E-state index < -0.39 is 6.04 Å². The van der Waals surface area contributed by atoms with Crippen molar-refractivity contribution in [2.75, 3.05) is 24.3 Å². The van der Waals surface area contributed by atoms with Gasteiger partial charge in [-0.2, -0.15) is 0 Å². The molecule has 1 saturated heterocycles. The lowest BCUT2D eigenvalue weighted by molar-refractivity contribution is -0.119. The van der Waals surface area contributed by atoms with E-state index in [4.69, 9.17) is 4.74 Å². The van der Waals surface area contributed by atoms with E-state index in [1.54, 1.807) is 18.1 Å². The lowest BCUT2D eigenvalue weighted by Crippen LogP contribution is -2.45. The number of benzene rings is 2. The van der Waals surface area contributed by atoms with Gasteiger partial charge in [0.25, 0.3) is 0 Å². The van der Waals surface area contributed by atoms with E-state index in [1.165, 1.54) is 11.3 Å². The third-order valence-electron chi connectivity index (χ3n) is 4.88. The molecule has 1 aliphatic rings. The van der Waals surface area contributed by atoms with Gasteiger partial charge in [-0.3, -0.25) is 10.1 Å². The van der Waals surface area contributed by atoms with Crippen LogP contribution in [0.4, 0.5) is 15.6 Å². The Morgan fingerprint density at radius 3 is 2.71 bits per heavy atom. The molecule has 1 aliphatic heterocycles. The number of hydrogen-bond acceptors (Lipinski definition) is 6. The molecular formula is C21H20BrN5O3S. The lowest BCUT2D eigenvalue weighted by Gasteiger charge is -2.23. The van der Waals surface area contributed by atoms with Gasteiger partial charge < -0.3 is 15.0 Å². The quantitative estimate of drug-likeness (QED) is 0.531. The number of aromatic nitrogens is 2. The summed E-state index contributed by atoms with van der Waals surface area (Å²) in [5.41, 5.74) is 1.55. The van der Waals surface area contributed by atoms with E-state index in [2.05, 4.69) is 36.8 Å². The summed E-state index contributed by atoms with van der Waals surface area (Å²) in [7, 11) is 1.61. The van der Waals surface area contributed by atoms with Crippen LogP contribution in [0.3, 0.4) is 0 Å². The fourth-order valence-electron chi connectivity index (χ4n) is 3.36. The van der Waals surface area contributed by atoms with E-state index >= 15 is 0 Å². The number of nitrogens with one attached hydrogen (secondary N) is 2. The van der Waals surface area contributed by atoms with Crippen LogP contribution in [0.25, 0.3) is 10.6 Å². The van der Waals surface area contributed by atoms with Crippen molar-refractivity contribution < 1.29 is 14.3 Å². The van der Waals surface area contributed by atoms with Crippen molar-refractivity contribution in [1.82, 2.24) is 15.1 Å². The average molecular weight is 502 g/mol. The number of halogens is 1. The number of likely N-dealkylation sites (tertiary alicyclic amines) is 1. The molecule has 1 atom stereocenters. The molecule has 1 aromatic heterocycles. The van der Waals surface area contributed by atoms with E-state index in [1.807, 2.05) is 42.5 Å². The molecule has 1 fully saturated rings. The fourth-order valence-corrected chi connectivity index (χ4v) is 4.51. The number of amides is 3. The molecule has 2 aromatic carbocycles. The smallest absolute Gasteiger partial charge is 0.322 e. The number of hydrogen-bond donors (Lipinski definition) is 2. The summed E-state index contributed by atoms with van der Waals surface area (Å²) < 4.78 is 6.03. The first-order valence-corrected chi connectivity index (χ1v) is 11.3. The Kier molecular flexibility index (Phi) is 6.47. The summed E-state index contributed by atoms with van der Waals surface area (Å²) in [6.07, 6.45) is 1.36. The molecule has 2 heterocycles. The van der Waals surface area contributed by atoms with Gasteiger partial charge in [0.2, 0.25) is 11.0 Å². The summed E-state index contributed by atoms with van der Waals surface area (Å²) >= 11 is 4.67. The van der Waals surface area contributed by atoms with Gasteiger partial charge in [-0.05, 0) is 55.3 Å².